The molecule has 94 valence electrons. The van der Waals surface area contributed by atoms with Crippen LogP contribution in [0.3, 0.4) is 0 Å². The van der Waals surface area contributed by atoms with Crippen LogP contribution in [0, 0.1) is 0 Å². The number of benzene rings is 1. The molecule has 2 aromatic rings. The Morgan fingerprint density at radius 2 is 1.72 bits per heavy atom. The Labute approximate surface area is 117 Å². The Kier molecular flexibility index (Phi) is 5.00. The summed E-state index contributed by atoms with van der Waals surface area (Å²) < 4.78 is 0. The molecule has 0 radical (unpaired) electrons. The summed E-state index contributed by atoms with van der Waals surface area (Å²) in [5, 5.41) is 4.57. The van der Waals surface area contributed by atoms with Crippen LogP contribution < -0.4 is 5.32 Å². The summed E-state index contributed by atoms with van der Waals surface area (Å²) in [7, 11) is 0. The minimum absolute atomic E-state index is 0.595. The summed E-state index contributed by atoms with van der Waals surface area (Å²) in [4.78, 5) is 3.99. The zero-order valence-corrected chi connectivity index (χ0v) is 11.4. The molecule has 4 heteroatoms. The SMILES string of the molecule is Clc1ccc(CNCCc2ccncc2)cc1Cl. The Morgan fingerprint density at radius 1 is 0.944 bits per heavy atom. The van der Waals surface area contributed by atoms with Gasteiger partial charge in [0.1, 0.15) is 0 Å². The van der Waals surface area contributed by atoms with E-state index < -0.39 is 0 Å². The average molecular weight is 281 g/mol. The number of hydrogen-bond donors (Lipinski definition) is 1. The van der Waals surface area contributed by atoms with Gasteiger partial charge < -0.3 is 5.32 Å². The lowest BCUT2D eigenvalue weighted by molar-refractivity contribution is 0.686. The van der Waals surface area contributed by atoms with Crippen LogP contribution in [0.5, 0.6) is 0 Å². The first-order valence-corrected chi connectivity index (χ1v) is 6.55. The van der Waals surface area contributed by atoms with Crippen LogP contribution in [0.1, 0.15) is 11.1 Å². The van der Waals surface area contributed by atoms with E-state index in [0.717, 1.165) is 25.1 Å². The molecule has 1 aromatic carbocycles. The van der Waals surface area contributed by atoms with Gasteiger partial charge in [0.25, 0.3) is 0 Å². The van der Waals surface area contributed by atoms with Crippen molar-refractivity contribution in [2.24, 2.45) is 0 Å². The maximum atomic E-state index is 5.96. The number of nitrogens with one attached hydrogen (secondary N) is 1. The second kappa shape index (κ2) is 6.74. The summed E-state index contributed by atoms with van der Waals surface area (Å²) in [5.74, 6) is 0. The largest absolute Gasteiger partial charge is 0.312 e. The van der Waals surface area contributed by atoms with E-state index in [1.807, 2.05) is 42.7 Å². The lowest BCUT2D eigenvalue weighted by Crippen LogP contribution is -2.16. The summed E-state index contributed by atoms with van der Waals surface area (Å²) in [6.07, 6.45) is 4.62. The molecule has 0 fully saturated rings. The van der Waals surface area contributed by atoms with Crippen LogP contribution in [0.25, 0.3) is 0 Å². The number of nitrogens with zero attached hydrogens (tertiary/aromatic N) is 1. The van der Waals surface area contributed by atoms with E-state index in [2.05, 4.69) is 10.3 Å². The molecule has 0 unspecified atom stereocenters. The van der Waals surface area contributed by atoms with Crippen molar-refractivity contribution >= 4 is 23.2 Å². The van der Waals surface area contributed by atoms with Gasteiger partial charge in [-0.05, 0) is 48.4 Å². The zero-order chi connectivity index (χ0) is 12.8. The maximum Gasteiger partial charge on any atom is 0.0595 e. The molecule has 2 nitrogen and oxygen atoms in total. The molecule has 18 heavy (non-hydrogen) atoms. The smallest absolute Gasteiger partial charge is 0.0595 e. The van der Waals surface area contributed by atoms with Gasteiger partial charge in [0.15, 0.2) is 0 Å². The normalized spacial score (nSPS) is 10.6. The van der Waals surface area contributed by atoms with Crippen molar-refractivity contribution in [1.29, 1.82) is 0 Å². The third-order valence-corrected chi connectivity index (χ3v) is 3.39. The van der Waals surface area contributed by atoms with Crippen molar-refractivity contribution in [1.82, 2.24) is 10.3 Å². The Balaban J connectivity index is 1.77. The molecule has 1 aromatic heterocycles. The minimum atomic E-state index is 0.595. The number of halogens is 2. The zero-order valence-electron chi connectivity index (χ0n) is 9.87. The lowest BCUT2D eigenvalue weighted by Gasteiger charge is -2.06. The topological polar surface area (TPSA) is 24.9 Å². The number of hydrogen-bond acceptors (Lipinski definition) is 2. The van der Waals surface area contributed by atoms with E-state index >= 15 is 0 Å². The van der Waals surface area contributed by atoms with Gasteiger partial charge in [0.2, 0.25) is 0 Å². The van der Waals surface area contributed by atoms with E-state index in [1.165, 1.54) is 5.56 Å². The third kappa shape index (κ3) is 3.98. The van der Waals surface area contributed by atoms with Gasteiger partial charge in [-0.1, -0.05) is 29.3 Å². The van der Waals surface area contributed by atoms with Gasteiger partial charge in [0.05, 0.1) is 10.0 Å². The second-order valence-electron chi connectivity index (χ2n) is 4.03. The second-order valence-corrected chi connectivity index (χ2v) is 4.85. The summed E-state index contributed by atoms with van der Waals surface area (Å²) in [6.45, 7) is 1.71. The van der Waals surface area contributed by atoms with E-state index in [1.54, 1.807) is 0 Å². The molecule has 2 rings (SSSR count). The Bertz CT molecular complexity index is 500. The maximum absolute atomic E-state index is 5.96. The van der Waals surface area contributed by atoms with Crippen LogP contribution in [0.4, 0.5) is 0 Å². The van der Waals surface area contributed by atoms with Crippen molar-refractivity contribution in [3.63, 3.8) is 0 Å². The van der Waals surface area contributed by atoms with Crippen LogP contribution >= 0.6 is 23.2 Å². The summed E-state index contributed by atoms with van der Waals surface area (Å²) >= 11 is 11.8. The molecular weight excluding hydrogens is 267 g/mol. The van der Waals surface area contributed by atoms with Gasteiger partial charge in [-0.2, -0.15) is 0 Å². The van der Waals surface area contributed by atoms with Gasteiger partial charge in [-0.25, -0.2) is 0 Å². The molecule has 0 aliphatic carbocycles. The van der Waals surface area contributed by atoms with E-state index in [9.17, 15) is 0 Å². The van der Waals surface area contributed by atoms with Crippen LogP contribution in [0.15, 0.2) is 42.7 Å². The van der Waals surface area contributed by atoms with Crippen molar-refractivity contribution < 1.29 is 0 Å². The lowest BCUT2D eigenvalue weighted by atomic mass is 10.2. The number of rotatable bonds is 5. The third-order valence-electron chi connectivity index (χ3n) is 2.65. The summed E-state index contributed by atoms with van der Waals surface area (Å²) in [5.41, 5.74) is 2.42. The molecule has 0 spiro atoms. The number of pyridine rings is 1. The first-order chi connectivity index (χ1) is 8.75. The average Bonchev–Trinajstić information content (AvgIpc) is 2.40. The van der Waals surface area contributed by atoms with Gasteiger partial charge in [-0.3, -0.25) is 4.98 Å². The monoisotopic (exact) mass is 280 g/mol. The fourth-order valence-electron chi connectivity index (χ4n) is 1.66. The predicted octanol–water partition coefficient (Wildman–Crippen LogP) is 3.72. The van der Waals surface area contributed by atoms with Gasteiger partial charge >= 0.3 is 0 Å². The molecule has 1 heterocycles. The molecule has 1 N–H and O–H groups in total. The molecular formula is C14H14Cl2N2. The fraction of sp³-hybridized carbons (Fsp3) is 0.214. The molecule has 0 aliphatic heterocycles. The molecule has 0 atom stereocenters. The van der Waals surface area contributed by atoms with E-state index in [4.69, 9.17) is 23.2 Å². The first-order valence-electron chi connectivity index (χ1n) is 5.79. The van der Waals surface area contributed by atoms with Gasteiger partial charge in [0, 0.05) is 18.9 Å². The van der Waals surface area contributed by atoms with Gasteiger partial charge in [-0.15, -0.1) is 0 Å². The van der Waals surface area contributed by atoms with Crippen LogP contribution in [0.2, 0.25) is 10.0 Å². The van der Waals surface area contributed by atoms with Crippen LogP contribution in [-0.4, -0.2) is 11.5 Å². The van der Waals surface area contributed by atoms with Crippen LogP contribution in [-0.2, 0) is 13.0 Å². The van der Waals surface area contributed by atoms with E-state index in [-0.39, 0.29) is 0 Å². The highest BCUT2D eigenvalue weighted by molar-refractivity contribution is 6.42. The van der Waals surface area contributed by atoms with Crippen molar-refractivity contribution in [3.05, 3.63) is 63.9 Å². The minimum Gasteiger partial charge on any atom is -0.312 e. The standard InChI is InChI=1S/C14H14Cl2N2/c15-13-2-1-12(9-14(13)16)10-18-8-5-11-3-6-17-7-4-11/h1-4,6-7,9,18H,5,8,10H2. The molecule has 0 bridgehead atoms. The highest BCUT2D eigenvalue weighted by Crippen LogP contribution is 2.22. The highest BCUT2D eigenvalue weighted by atomic mass is 35.5. The first kappa shape index (κ1) is 13.3. The molecule has 0 saturated heterocycles. The fourth-order valence-corrected chi connectivity index (χ4v) is 1.99. The summed E-state index contributed by atoms with van der Waals surface area (Å²) in [6, 6.07) is 9.75. The molecule has 0 aliphatic rings. The highest BCUT2D eigenvalue weighted by Gasteiger charge is 1.99. The molecule has 0 saturated carbocycles. The Hall–Kier alpha value is -1.09. The van der Waals surface area contributed by atoms with Crippen molar-refractivity contribution in [2.45, 2.75) is 13.0 Å². The van der Waals surface area contributed by atoms with Crippen molar-refractivity contribution in [3.8, 4) is 0 Å². The quantitative estimate of drug-likeness (QED) is 0.845. The molecule has 0 amide bonds. The van der Waals surface area contributed by atoms with E-state index in [0.29, 0.717) is 10.0 Å². The van der Waals surface area contributed by atoms with Crippen molar-refractivity contribution in [2.75, 3.05) is 6.54 Å². The predicted molar refractivity (Wildman–Crippen MR) is 76.1 cm³/mol. The Morgan fingerprint density at radius 3 is 2.44 bits per heavy atom. The number of aromatic nitrogens is 1.